The highest BCUT2D eigenvalue weighted by atomic mass is 16.4. The second-order valence-corrected chi connectivity index (χ2v) is 3.47. The van der Waals surface area contributed by atoms with Gasteiger partial charge in [0.1, 0.15) is 0 Å². The molecule has 0 aliphatic heterocycles. The summed E-state index contributed by atoms with van der Waals surface area (Å²) in [5, 5.41) is 8.80. The predicted octanol–water partition coefficient (Wildman–Crippen LogP) is 0.860. The number of hydrogen-bond donors (Lipinski definition) is 1. The smallest absolute Gasteiger partial charge is 0.352 e. The maximum atomic E-state index is 11.6. The first-order valence-corrected chi connectivity index (χ1v) is 5.02. The van der Waals surface area contributed by atoms with Crippen LogP contribution in [0, 0.1) is 0 Å². The van der Waals surface area contributed by atoms with Crippen LogP contribution in [0.2, 0.25) is 0 Å². The highest BCUT2D eigenvalue weighted by Gasteiger charge is 2.08. The van der Waals surface area contributed by atoms with Crippen LogP contribution in [0.4, 0.5) is 0 Å². The summed E-state index contributed by atoms with van der Waals surface area (Å²) in [6.45, 7) is 0. The van der Waals surface area contributed by atoms with E-state index in [2.05, 4.69) is 4.98 Å². The molecule has 17 heavy (non-hydrogen) atoms. The minimum atomic E-state index is -0.936. The topological polar surface area (TPSA) is 72.2 Å². The van der Waals surface area contributed by atoms with Crippen molar-refractivity contribution in [1.82, 2.24) is 9.55 Å². The lowest BCUT2D eigenvalue weighted by atomic mass is 10.1. The van der Waals surface area contributed by atoms with E-state index in [-0.39, 0.29) is 6.42 Å². The van der Waals surface area contributed by atoms with Gasteiger partial charge in [-0.25, -0.2) is 9.78 Å². The van der Waals surface area contributed by atoms with Gasteiger partial charge in [0.25, 0.3) is 0 Å². The standard InChI is InChI=1S/C12H10N2O3/c15-11(16)8-9-4-1-2-5-10(9)14-7-3-6-13-12(14)17/h1-7H,8H2,(H,15,16). The third-order valence-electron chi connectivity index (χ3n) is 2.31. The summed E-state index contributed by atoms with van der Waals surface area (Å²) >= 11 is 0. The average molecular weight is 230 g/mol. The largest absolute Gasteiger partial charge is 0.481 e. The van der Waals surface area contributed by atoms with Gasteiger partial charge in [0, 0.05) is 12.4 Å². The summed E-state index contributed by atoms with van der Waals surface area (Å²) in [7, 11) is 0. The third-order valence-corrected chi connectivity index (χ3v) is 2.31. The van der Waals surface area contributed by atoms with Crippen LogP contribution in [0.25, 0.3) is 5.69 Å². The molecule has 0 amide bonds. The van der Waals surface area contributed by atoms with Crippen molar-refractivity contribution in [3.63, 3.8) is 0 Å². The number of benzene rings is 1. The maximum Gasteiger partial charge on any atom is 0.352 e. The van der Waals surface area contributed by atoms with Crippen LogP contribution in [0.1, 0.15) is 5.56 Å². The molecule has 2 rings (SSSR count). The molecule has 0 atom stereocenters. The SMILES string of the molecule is O=C(O)Cc1ccccc1-n1cccnc1=O. The number of para-hydroxylation sites is 1. The van der Waals surface area contributed by atoms with E-state index in [0.29, 0.717) is 11.3 Å². The number of hydrogen-bond acceptors (Lipinski definition) is 3. The molecule has 1 aromatic carbocycles. The molecule has 0 aliphatic rings. The van der Waals surface area contributed by atoms with Gasteiger partial charge in [0.2, 0.25) is 0 Å². The van der Waals surface area contributed by atoms with E-state index in [1.54, 1.807) is 36.5 Å². The van der Waals surface area contributed by atoms with Crippen LogP contribution in [0.3, 0.4) is 0 Å². The van der Waals surface area contributed by atoms with Crippen molar-refractivity contribution in [3.8, 4) is 5.69 Å². The molecular weight excluding hydrogens is 220 g/mol. The molecule has 0 aliphatic carbocycles. The quantitative estimate of drug-likeness (QED) is 0.848. The zero-order valence-corrected chi connectivity index (χ0v) is 8.91. The van der Waals surface area contributed by atoms with Gasteiger partial charge in [-0.3, -0.25) is 9.36 Å². The van der Waals surface area contributed by atoms with Crippen LogP contribution in [-0.2, 0) is 11.2 Å². The van der Waals surface area contributed by atoms with Crippen LogP contribution in [0.5, 0.6) is 0 Å². The normalized spacial score (nSPS) is 10.1. The molecule has 0 spiro atoms. The van der Waals surface area contributed by atoms with E-state index in [4.69, 9.17) is 5.11 Å². The summed E-state index contributed by atoms with van der Waals surface area (Å²) < 4.78 is 1.33. The zero-order chi connectivity index (χ0) is 12.3. The molecule has 0 unspecified atom stereocenters. The van der Waals surface area contributed by atoms with Gasteiger partial charge < -0.3 is 5.11 Å². The van der Waals surface area contributed by atoms with Crippen LogP contribution in [-0.4, -0.2) is 20.6 Å². The van der Waals surface area contributed by atoms with E-state index < -0.39 is 11.7 Å². The molecule has 0 fully saturated rings. The molecule has 0 saturated heterocycles. The molecule has 2 aromatic rings. The van der Waals surface area contributed by atoms with Crippen molar-refractivity contribution in [3.05, 3.63) is 58.8 Å². The van der Waals surface area contributed by atoms with Crippen molar-refractivity contribution >= 4 is 5.97 Å². The third kappa shape index (κ3) is 2.39. The number of rotatable bonds is 3. The van der Waals surface area contributed by atoms with E-state index in [9.17, 15) is 9.59 Å². The van der Waals surface area contributed by atoms with Gasteiger partial charge in [-0.1, -0.05) is 18.2 Å². The summed E-state index contributed by atoms with van der Waals surface area (Å²) in [5.74, 6) is -0.936. The first-order chi connectivity index (χ1) is 8.18. The van der Waals surface area contributed by atoms with Gasteiger partial charge in [0.05, 0.1) is 12.1 Å². The van der Waals surface area contributed by atoms with Crippen LogP contribution < -0.4 is 5.69 Å². The first kappa shape index (κ1) is 11.1. The van der Waals surface area contributed by atoms with E-state index in [1.807, 2.05) is 0 Å². The van der Waals surface area contributed by atoms with Gasteiger partial charge in [0.15, 0.2) is 0 Å². The second kappa shape index (κ2) is 4.61. The second-order valence-electron chi connectivity index (χ2n) is 3.47. The number of aliphatic carboxylic acids is 1. The summed E-state index contributed by atoms with van der Waals surface area (Å²) in [5.41, 5.74) is 0.702. The van der Waals surface area contributed by atoms with E-state index in [0.717, 1.165) is 0 Å². The molecule has 1 aromatic heterocycles. The molecule has 5 nitrogen and oxygen atoms in total. The van der Waals surface area contributed by atoms with Crippen molar-refractivity contribution in [2.24, 2.45) is 0 Å². The molecule has 1 heterocycles. The number of carboxylic acids is 1. The lowest BCUT2D eigenvalue weighted by molar-refractivity contribution is -0.136. The Morgan fingerprint density at radius 1 is 1.29 bits per heavy atom. The summed E-state index contributed by atoms with van der Waals surface area (Å²) in [6.07, 6.45) is 2.84. The Kier molecular flexibility index (Phi) is 3.00. The molecule has 0 bridgehead atoms. The highest BCUT2D eigenvalue weighted by Crippen LogP contribution is 2.12. The highest BCUT2D eigenvalue weighted by molar-refractivity contribution is 5.71. The number of aromatic nitrogens is 2. The molecule has 1 N–H and O–H groups in total. The monoisotopic (exact) mass is 230 g/mol. The number of nitrogens with zero attached hydrogens (tertiary/aromatic N) is 2. The maximum absolute atomic E-state index is 11.6. The number of carboxylic acid groups (broad SMARTS) is 1. The fourth-order valence-electron chi connectivity index (χ4n) is 1.60. The van der Waals surface area contributed by atoms with Crippen LogP contribution >= 0.6 is 0 Å². The zero-order valence-electron chi connectivity index (χ0n) is 8.91. The average Bonchev–Trinajstić information content (AvgIpc) is 2.30. The Labute approximate surface area is 97.0 Å². The fraction of sp³-hybridized carbons (Fsp3) is 0.0833. The summed E-state index contributed by atoms with van der Waals surface area (Å²) in [6, 6.07) is 8.49. The predicted molar refractivity (Wildman–Crippen MR) is 61.2 cm³/mol. The molecule has 0 radical (unpaired) electrons. The van der Waals surface area contributed by atoms with E-state index in [1.165, 1.54) is 10.8 Å². The molecule has 5 heteroatoms. The Bertz CT molecular complexity index is 604. The van der Waals surface area contributed by atoms with E-state index >= 15 is 0 Å². The Hall–Kier alpha value is -2.43. The summed E-state index contributed by atoms with van der Waals surface area (Å²) in [4.78, 5) is 25.9. The fourth-order valence-corrected chi connectivity index (χ4v) is 1.60. The van der Waals surface area contributed by atoms with Crippen molar-refractivity contribution in [2.75, 3.05) is 0 Å². The van der Waals surface area contributed by atoms with Crippen molar-refractivity contribution < 1.29 is 9.90 Å². The van der Waals surface area contributed by atoms with Gasteiger partial charge in [-0.2, -0.15) is 0 Å². The Morgan fingerprint density at radius 2 is 2.06 bits per heavy atom. The van der Waals surface area contributed by atoms with Crippen LogP contribution in [0.15, 0.2) is 47.5 Å². The lowest BCUT2D eigenvalue weighted by Gasteiger charge is -2.09. The minimum Gasteiger partial charge on any atom is -0.481 e. The van der Waals surface area contributed by atoms with Crippen molar-refractivity contribution in [1.29, 1.82) is 0 Å². The Morgan fingerprint density at radius 3 is 2.76 bits per heavy atom. The molecule has 86 valence electrons. The number of carbonyl (C=O) groups is 1. The molecular formula is C12H10N2O3. The first-order valence-electron chi connectivity index (χ1n) is 5.02. The lowest BCUT2D eigenvalue weighted by Crippen LogP contribution is -2.21. The molecule has 0 saturated carbocycles. The van der Waals surface area contributed by atoms with Gasteiger partial charge in [-0.05, 0) is 17.7 Å². The van der Waals surface area contributed by atoms with Crippen molar-refractivity contribution in [2.45, 2.75) is 6.42 Å². The van der Waals surface area contributed by atoms with Gasteiger partial charge in [-0.15, -0.1) is 0 Å². The minimum absolute atomic E-state index is 0.127. The van der Waals surface area contributed by atoms with Gasteiger partial charge >= 0.3 is 11.7 Å². The Balaban J connectivity index is 2.56.